The van der Waals surface area contributed by atoms with Crippen LogP contribution in [0, 0.1) is 5.92 Å². The van der Waals surface area contributed by atoms with Gasteiger partial charge in [0.05, 0.1) is 0 Å². The number of nitrogens with one attached hydrogen (secondary N) is 1. The quantitative estimate of drug-likeness (QED) is 0.518. The SMILES string of the molecule is CCCCn1c(=O)n(CCCc2noc(CC3CCCC3)n2)c(=O)c2[nH]c(Cl)nc21. The summed E-state index contributed by atoms with van der Waals surface area (Å²) < 4.78 is 8.14. The summed E-state index contributed by atoms with van der Waals surface area (Å²) in [5.41, 5.74) is -0.195. The first-order valence-corrected chi connectivity index (χ1v) is 11.1. The van der Waals surface area contributed by atoms with E-state index < -0.39 is 5.56 Å². The smallest absolute Gasteiger partial charge is 0.332 e. The van der Waals surface area contributed by atoms with Crippen LogP contribution >= 0.6 is 11.6 Å². The zero-order valence-electron chi connectivity index (χ0n) is 17.2. The highest BCUT2D eigenvalue weighted by molar-refractivity contribution is 6.28. The van der Waals surface area contributed by atoms with Gasteiger partial charge in [-0.05, 0) is 43.2 Å². The molecule has 0 aliphatic heterocycles. The second-order valence-electron chi connectivity index (χ2n) is 8.03. The average Bonchev–Trinajstić information content (AvgIpc) is 3.47. The molecule has 162 valence electrons. The van der Waals surface area contributed by atoms with Crippen molar-refractivity contribution >= 4 is 22.8 Å². The molecular formula is C20H27ClN6O3. The monoisotopic (exact) mass is 434 g/mol. The number of nitrogens with zero attached hydrogens (tertiary/aromatic N) is 5. The average molecular weight is 435 g/mol. The summed E-state index contributed by atoms with van der Waals surface area (Å²) in [6, 6.07) is 0. The van der Waals surface area contributed by atoms with Gasteiger partial charge in [-0.25, -0.2) is 4.79 Å². The molecule has 10 heteroatoms. The summed E-state index contributed by atoms with van der Waals surface area (Å²) in [6.45, 7) is 2.80. The number of halogens is 1. The number of H-pyrrole nitrogens is 1. The molecule has 0 amide bonds. The molecule has 30 heavy (non-hydrogen) atoms. The van der Waals surface area contributed by atoms with E-state index >= 15 is 0 Å². The van der Waals surface area contributed by atoms with Crippen LogP contribution in [0.5, 0.6) is 0 Å². The summed E-state index contributed by atoms with van der Waals surface area (Å²) >= 11 is 5.96. The van der Waals surface area contributed by atoms with Crippen molar-refractivity contribution in [2.24, 2.45) is 5.92 Å². The van der Waals surface area contributed by atoms with Crippen LogP contribution < -0.4 is 11.2 Å². The molecule has 1 aliphatic rings. The molecule has 4 rings (SSSR count). The molecule has 1 N–H and O–H groups in total. The van der Waals surface area contributed by atoms with Gasteiger partial charge >= 0.3 is 5.69 Å². The van der Waals surface area contributed by atoms with Crippen molar-refractivity contribution in [1.82, 2.24) is 29.2 Å². The van der Waals surface area contributed by atoms with Gasteiger partial charge < -0.3 is 9.51 Å². The number of hydrogen-bond acceptors (Lipinski definition) is 6. The molecular weight excluding hydrogens is 408 g/mol. The number of aromatic amines is 1. The summed E-state index contributed by atoms with van der Waals surface area (Å²) in [5.74, 6) is 1.95. The Morgan fingerprint density at radius 1 is 1.13 bits per heavy atom. The van der Waals surface area contributed by atoms with Gasteiger partial charge in [-0.2, -0.15) is 9.97 Å². The van der Waals surface area contributed by atoms with Crippen molar-refractivity contribution in [2.45, 2.75) is 77.8 Å². The van der Waals surface area contributed by atoms with Crippen molar-refractivity contribution in [2.75, 3.05) is 0 Å². The van der Waals surface area contributed by atoms with E-state index in [1.807, 2.05) is 6.92 Å². The Bertz CT molecular complexity index is 1120. The van der Waals surface area contributed by atoms with Crippen LogP contribution in [0.2, 0.25) is 5.28 Å². The van der Waals surface area contributed by atoms with E-state index in [1.165, 1.54) is 34.8 Å². The molecule has 0 aromatic carbocycles. The van der Waals surface area contributed by atoms with E-state index in [2.05, 4.69) is 20.1 Å². The molecule has 1 saturated carbocycles. The highest BCUT2D eigenvalue weighted by Crippen LogP contribution is 2.27. The zero-order chi connectivity index (χ0) is 21.1. The summed E-state index contributed by atoms with van der Waals surface area (Å²) in [5, 5.41) is 4.16. The van der Waals surface area contributed by atoms with E-state index in [-0.39, 0.29) is 23.0 Å². The van der Waals surface area contributed by atoms with Gasteiger partial charge in [-0.3, -0.25) is 13.9 Å². The third kappa shape index (κ3) is 4.35. The van der Waals surface area contributed by atoms with Gasteiger partial charge in [0.25, 0.3) is 5.56 Å². The Morgan fingerprint density at radius 3 is 2.67 bits per heavy atom. The van der Waals surface area contributed by atoms with Gasteiger partial charge in [-0.1, -0.05) is 31.3 Å². The maximum Gasteiger partial charge on any atom is 0.332 e. The van der Waals surface area contributed by atoms with Crippen molar-refractivity contribution in [1.29, 1.82) is 0 Å². The Balaban J connectivity index is 1.48. The van der Waals surface area contributed by atoms with Crippen LogP contribution in [-0.4, -0.2) is 29.2 Å². The summed E-state index contributed by atoms with van der Waals surface area (Å²) in [4.78, 5) is 37.1. The predicted molar refractivity (Wildman–Crippen MR) is 113 cm³/mol. The van der Waals surface area contributed by atoms with Crippen LogP contribution in [0.25, 0.3) is 11.2 Å². The Morgan fingerprint density at radius 2 is 1.90 bits per heavy atom. The number of fused-ring (bicyclic) bond motifs is 1. The minimum Gasteiger partial charge on any atom is -0.339 e. The fourth-order valence-corrected chi connectivity index (χ4v) is 4.36. The lowest BCUT2D eigenvalue weighted by atomic mass is 10.0. The maximum absolute atomic E-state index is 12.9. The summed E-state index contributed by atoms with van der Waals surface area (Å²) in [7, 11) is 0. The van der Waals surface area contributed by atoms with E-state index in [1.54, 1.807) is 0 Å². The molecule has 3 aromatic heterocycles. The highest BCUT2D eigenvalue weighted by atomic mass is 35.5. The fraction of sp³-hybridized carbons (Fsp3) is 0.650. The van der Waals surface area contributed by atoms with E-state index in [0.29, 0.717) is 42.7 Å². The van der Waals surface area contributed by atoms with E-state index in [0.717, 1.165) is 19.3 Å². The minimum atomic E-state index is -0.405. The van der Waals surface area contributed by atoms with Crippen molar-refractivity contribution < 1.29 is 4.52 Å². The second kappa shape index (κ2) is 9.16. The molecule has 3 heterocycles. The molecule has 0 atom stereocenters. The molecule has 9 nitrogen and oxygen atoms in total. The predicted octanol–water partition coefficient (Wildman–Crippen LogP) is 3.09. The van der Waals surface area contributed by atoms with Gasteiger partial charge in [-0.15, -0.1) is 0 Å². The maximum atomic E-state index is 12.9. The molecule has 3 aromatic rings. The first-order valence-electron chi connectivity index (χ1n) is 10.8. The number of hydrogen-bond donors (Lipinski definition) is 1. The first kappa shape index (κ1) is 20.8. The Labute approximate surface area is 178 Å². The highest BCUT2D eigenvalue weighted by Gasteiger charge is 2.19. The topological polar surface area (TPSA) is 112 Å². The number of aromatic nitrogens is 6. The van der Waals surface area contributed by atoms with Gasteiger partial charge in [0.1, 0.15) is 0 Å². The molecule has 0 saturated heterocycles. The van der Waals surface area contributed by atoms with Crippen molar-refractivity contribution in [3.63, 3.8) is 0 Å². The van der Waals surface area contributed by atoms with Crippen LogP contribution in [0.4, 0.5) is 0 Å². The third-order valence-electron chi connectivity index (χ3n) is 5.80. The standard InChI is InChI=1S/C20H27ClN6O3/c1-2-3-10-26-17-16(23-19(21)24-17)18(28)27(20(26)29)11-6-9-14-22-15(30-25-14)12-13-7-4-5-8-13/h13H,2-12H2,1H3,(H,23,24). The number of imidazole rings is 1. The van der Waals surface area contributed by atoms with Crippen LogP contribution in [0.3, 0.4) is 0 Å². The van der Waals surface area contributed by atoms with E-state index in [9.17, 15) is 9.59 Å². The van der Waals surface area contributed by atoms with Crippen LogP contribution in [0.15, 0.2) is 14.1 Å². The Hall–Kier alpha value is -2.42. The lowest BCUT2D eigenvalue weighted by Gasteiger charge is -2.10. The molecule has 0 spiro atoms. The number of unbranched alkanes of at least 4 members (excludes halogenated alkanes) is 1. The Kier molecular flexibility index (Phi) is 6.36. The molecule has 0 radical (unpaired) electrons. The van der Waals surface area contributed by atoms with E-state index in [4.69, 9.17) is 16.1 Å². The molecule has 0 bridgehead atoms. The van der Waals surface area contributed by atoms with Crippen LogP contribution in [0.1, 0.15) is 63.6 Å². The molecule has 0 unspecified atom stereocenters. The van der Waals surface area contributed by atoms with Crippen LogP contribution in [-0.2, 0) is 25.9 Å². The lowest BCUT2D eigenvalue weighted by Crippen LogP contribution is -2.40. The van der Waals surface area contributed by atoms with Crippen molar-refractivity contribution in [3.8, 4) is 0 Å². The van der Waals surface area contributed by atoms with Gasteiger partial charge in [0.2, 0.25) is 11.2 Å². The fourth-order valence-electron chi connectivity index (χ4n) is 4.18. The van der Waals surface area contributed by atoms with Gasteiger partial charge in [0.15, 0.2) is 17.0 Å². The zero-order valence-corrected chi connectivity index (χ0v) is 18.0. The van der Waals surface area contributed by atoms with Crippen molar-refractivity contribution in [3.05, 3.63) is 37.8 Å². The third-order valence-corrected chi connectivity index (χ3v) is 5.98. The summed E-state index contributed by atoms with van der Waals surface area (Å²) in [6.07, 6.45) is 8.68. The number of aryl methyl sites for hydroxylation is 2. The normalized spacial score (nSPS) is 14.9. The number of rotatable bonds is 9. The largest absolute Gasteiger partial charge is 0.339 e. The second-order valence-corrected chi connectivity index (χ2v) is 8.39. The minimum absolute atomic E-state index is 0.103. The molecule has 1 fully saturated rings. The first-order chi connectivity index (χ1) is 14.6. The lowest BCUT2D eigenvalue weighted by molar-refractivity contribution is 0.349. The molecule has 1 aliphatic carbocycles. The van der Waals surface area contributed by atoms with Gasteiger partial charge in [0, 0.05) is 25.9 Å².